The van der Waals surface area contributed by atoms with Gasteiger partial charge in [-0.1, -0.05) is 41.5 Å². The lowest BCUT2D eigenvalue weighted by atomic mass is 9.87. The van der Waals surface area contributed by atoms with Gasteiger partial charge in [-0.25, -0.2) is 4.99 Å². The zero-order chi connectivity index (χ0) is 18.8. The van der Waals surface area contributed by atoms with E-state index in [4.69, 9.17) is 4.74 Å². The van der Waals surface area contributed by atoms with Gasteiger partial charge in [-0.15, -0.1) is 0 Å². The van der Waals surface area contributed by atoms with Crippen LogP contribution in [0.5, 0.6) is 0 Å². The predicted molar refractivity (Wildman–Crippen MR) is 89.5 cm³/mol. The molecule has 0 radical (unpaired) electrons. The molecule has 0 aromatic heterocycles. The van der Waals surface area contributed by atoms with E-state index in [9.17, 15) is 17.3 Å². The van der Waals surface area contributed by atoms with Gasteiger partial charge in [-0.05, 0) is 12.2 Å². The van der Waals surface area contributed by atoms with Crippen LogP contribution in [0.4, 0.5) is 17.3 Å². The highest BCUT2D eigenvalue weighted by Gasteiger charge is 2.30. The van der Waals surface area contributed by atoms with Crippen LogP contribution in [0.15, 0.2) is 47.1 Å². The lowest BCUT2D eigenvalue weighted by Gasteiger charge is -2.32. The van der Waals surface area contributed by atoms with Crippen LogP contribution in [0.1, 0.15) is 41.5 Å². The van der Waals surface area contributed by atoms with Gasteiger partial charge >= 0.3 is 7.25 Å². The first kappa shape index (κ1) is 20.3. The number of halogens is 4. The standard InChI is InChI=1S/C17H23NO.BF4/c1-16(2,3)14-10-12(13-8-7-9-18-13)11-15(19-14)17(4,5)6;2-1(3,4)5/h7-11H,1-6H3;/q;-1/p+1. The molecule has 0 bridgehead atoms. The third-order valence-corrected chi connectivity index (χ3v) is 3.18. The van der Waals surface area contributed by atoms with Gasteiger partial charge in [-0.3, -0.25) is 0 Å². The fourth-order valence-corrected chi connectivity index (χ4v) is 1.91. The Hall–Kier alpha value is -1.79. The molecule has 0 atom stereocenters. The summed E-state index contributed by atoms with van der Waals surface area (Å²) >= 11 is 0. The number of rotatable bonds is 0. The molecule has 0 fully saturated rings. The molecule has 2 heterocycles. The zero-order valence-electron chi connectivity index (χ0n) is 14.9. The zero-order valence-corrected chi connectivity index (χ0v) is 14.9. The Kier molecular flexibility index (Phi) is 5.90. The molecule has 0 saturated carbocycles. The molecule has 2 rings (SSSR count). The van der Waals surface area contributed by atoms with Crippen LogP contribution in [-0.4, -0.2) is 13.5 Å². The normalized spacial score (nSPS) is 17.9. The van der Waals surface area contributed by atoms with Gasteiger partial charge in [-0.2, -0.15) is 0 Å². The molecular formula is C17H24BF4NO. The van der Waals surface area contributed by atoms with E-state index in [1.165, 1.54) is 5.57 Å². The van der Waals surface area contributed by atoms with Crippen molar-refractivity contribution in [2.75, 3.05) is 0 Å². The van der Waals surface area contributed by atoms with E-state index in [0.29, 0.717) is 0 Å². The summed E-state index contributed by atoms with van der Waals surface area (Å²) < 4.78 is 45.1. The Bertz CT molecular complexity index is 574. The first-order valence-electron chi connectivity index (χ1n) is 7.68. The van der Waals surface area contributed by atoms with E-state index >= 15 is 0 Å². The summed E-state index contributed by atoms with van der Waals surface area (Å²) in [7, 11) is -6.00. The first-order valence-corrected chi connectivity index (χ1v) is 7.68. The molecule has 0 aromatic rings. The molecule has 24 heavy (non-hydrogen) atoms. The van der Waals surface area contributed by atoms with Gasteiger partial charge < -0.3 is 22.0 Å². The molecule has 2 aliphatic heterocycles. The second-order valence-corrected chi connectivity index (χ2v) is 7.65. The van der Waals surface area contributed by atoms with Crippen molar-refractivity contribution in [1.82, 2.24) is 0 Å². The van der Waals surface area contributed by atoms with Crippen molar-refractivity contribution in [2.45, 2.75) is 41.5 Å². The smallest absolute Gasteiger partial charge is 0.465 e. The molecule has 134 valence electrons. The van der Waals surface area contributed by atoms with Gasteiger partial charge in [0.1, 0.15) is 11.5 Å². The van der Waals surface area contributed by atoms with Crippen LogP contribution in [0.2, 0.25) is 0 Å². The molecular weight excluding hydrogens is 321 g/mol. The maximum atomic E-state index is 9.75. The van der Waals surface area contributed by atoms with E-state index in [1.54, 1.807) is 0 Å². The Morgan fingerprint density at radius 3 is 1.58 bits per heavy atom. The third-order valence-electron chi connectivity index (χ3n) is 3.18. The monoisotopic (exact) mass is 345 g/mol. The Labute approximate surface area is 140 Å². The average Bonchev–Trinajstić information content (AvgIpc) is 2.87. The van der Waals surface area contributed by atoms with Crippen LogP contribution in [0, 0.1) is 10.8 Å². The van der Waals surface area contributed by atoms with E-state index in [0.717, 1.165) is 17.2 Å². The van der Waals surface area contributed by atoms with Crippen molar-refractivity contribution in [2.24, 2.45) is 10.8 Å². The Morgan fingerprint density at radius 1 is 0.875 bits per heavy atom. The molecule has 0 amide bonds. The minimum atomic E-state index is -6.00. The SMILES string of the molecule is CC(C)(C)C1=CC(=C2C=CC=[NH+]2)C=C(C(C)(C)C)O1.F[B-](F)(F)F. The first-order chi connectivity index (χ1) is 10.7. The highest BCUT2D eigenvalue weighted by molar-refractivity contribution is 6.50. The topological polar surface area (TPSA) is 23.2 Å². The highest BCUT2D eigenvalue weighted by Crippen LogP contribution is 2.39. The van der Waals surface area contributed by atoms with Crippen molar-refractivity contribution >= 4 is 13.5 Å². The Balaban J connectivity index is 0.000000505. The summed E-state index contributed by atoms with van der Waals surface area (Å²) in [5.74, 6) is 2.04. The minimum Gasteiger partial charge on any atom is -0.465 e. The number of hydrogen-bond acceptors (Lipinski definition) is 1. The van der Waals surface area contributed by atoms with Gasteiger partial charge in [0, 0.05) is 23.0 Å². The van der Waals surface area contributed by atoms with Crippen molar-refractivity contribution in [3.63, 3.8) is 0 Å². The molecule has 0 spiro atoms. The predicted octanol–water partition coefficient (Wildman–Crippen LogP) is 4.15. The summed E-state index contributed by atoms with van der Waals surface area (Å²) in [6.45, 7) is 13.1. The number of allylic oxidation sites excluding steroid dienone is 7. The molecule has 2 aliphatic rings. The van der Waals surface area contributed by atoms with Gasteiger partial charge in [0.15, 0.2) is 6.21 Å². The van der Waals surface area contributed by atoms with Crippen molar-refractivity contribution in [1.29, 1.82) is 0 Å². The lowest BCUT2D eigenvalue weighted by molar-refractivity contribution is -0.381. The van der Waals surface area contributed by atoms with E-state index in [1.807, 2.05) is 12.3 Å². The van der Waals surface area contributed by atoms with Crippen molar-refractivity contribution in [3.8, 4) is 0 Å². The molecule has 0 aromatic carbocycles. The third kappa shape index (κ3) is 6.77. The van der Waals surface area contributed by atoms with Gasteiger partial charge in [0.25, 0.3) is 0 Å². The quantitative estimate of drug-likeness (QED) is 0.517. The summed E-state index contributed by atoms with van der Waals surface area (Å²) in [4.78, 5) is 3.27. The molecule has 0 aliphatic carbocycles. The second-order valence-electron chi connectivity index (χ2n) is 7.65. The van der Waals surface area contributed by atoms with Crippen molar-refractivity contribution in [3.05, 3.63) is 47.1 Å². The molecule has 0 unspecified atom stereocenters. The minimum absolute atomic E-state index is 0.00258. The summed E-state index contributed by atoms with van der Waals surface area (Å²) in [6, 6.07) is 0. The van der Waals surface area contributed by atoms with E-state index in [2.05, 4.69) is 64.8 Å². The van der Waals surface area contributed by atoms with Gasteiger partial charge in [0.2, 0.25) is 5.70 Å². The average molecular weight is 345 g/mol. The van der Waals surface area contributed by atoms with E-state index in [-0.39, 0.29) is 10.8 Å². The largest absolute Gasteiger partial charge is 0.673 e. The second kappa shape index (κ2) is 6.99. The maximum Gasteiger partial charge on any atom is 0.673 e. The number of hydrogen-bond donors (Lipinski definition) is 1. The van der Waals surface area contributed by atoms with Crippen molar-refractivity contribution < 1.29 is 27.0 Å². The number of nitrogens with one attached hydrogen (secondary N) is 1. The molecule has 2 nitrogen and oxygen atoms in total. The number of ether oxygens (including phenoxy) is 1. The summed E-state index contributed by atoms with van der Waals surface area (Å²) in [6.07, 6.45) is 10.3. The fourth-order valence-electron chi connectivity index (χ4n) is 1.91. The van der Waals surface area contributed by atoms with Crippen LogP contribution < -0.4 is 4.99 Å². The molecule has 1 N–H and O–H groups in total. The Morgan fingerprint density at radius 2 is 1.29 bits per heavy atom. The van der Waals surface area contributed by atoms with Crippen LogP contribution in [0.3, 0.4) is 0 Å². The molecule has 7 heteroatoms. The molecule has 0 saturated heterocycles. The summed E-state index contributed by atoms with van der Waals surface area (Å²) in [5, 5.41) is 0. The van der Waals surface area contributed by atoms with E-state index < -0.39 is 7.25 Å². The van der Waals surface area contributed by atoms with Crippen LogP contribution in [-0.2, 0) is 4.74 Å². The van der Waals surface area contributed by atoms with Crippen LogP contribution >= 0.6 is 0 Å². The maximum absolute atomic E-state index is 9.75. The fraction of sp³-hybridized carbons (Fsp3) is 0.471. The summed E-state index contributed by atoms with van der Waals surface area (Å²) in [5.41, 5.74) is 2.32. The highest BCUT2D eigenvalue weighted by atomic mass is 19.5. The van der Waals surface area contributed by atoms with Gasteiger partial charge in [0.05, 0.1) is 5.57 Å². The van der Waals surface area contributed by atoms with Crippen LogP contribution in [0.25, 0.3) is 0 Å². The lowest BCUT2D eigenvalue weighted by Crippen LogP contribution is -2.64.